The van der Waals surface area contributed by atoms with E-state index in [-0.39, 0.29) is 6.10 Å². The maximum Gasteiger partial charge on any atom is 0.0721 e. The number of allylic oxidation sites excluding steroid dienone is 4. The Balaban J connectivity index is 3.18. The Bertz CT molecular complexity index is 303. The summed E-state index contributed by atoms with van der Waals surface area (Å²) < 4.78 is 0. The summed E-state index contributed by atoms with van der Waals surface area (Å²) in [6, 6.07) is 0. The zero-order valence-corrected chi connectivity index (χ0v) is 16.2. The first-order valence-corrected chi connectivity index (χ1v) is 10.4. The molecule has 0 aliphatic heterocycles. The van der Waals surface area contributed by atoms with Gasteiger partial charge < -0.3 is 5.11 Å². The highest BCUT2D eigenvalue weighted by atomic mass is 16.3. The molecule has 24 heavy (non-hydrogen) atoms. The molecular formula is C23H42O. The number of unbranched alkanes of at least 4 members (excludes halogenated alkanes) is 11. The molecule has 0 spiro atoms. The van der Waals surface area contributed by atoms with Gasteiger partial charge in [-0.3, -0.25) is 0 Å². The van der Waals surface area contributed by atoms with E-state index in [1.54, 1.807) is 6.08 Å². The van der Waals surface area contributed by atoms with Crippen LogP contribution >= 0.6 is 0 Å². The number of aliphatic hydroxyl groups is 1. The minimum Gasteiger partial charge on any atom is -0.389 e. The van der Waals surface area contributed by atoms with Crippen LogP contribution in [-0.4, -0.2) is 11.2 Å². The van der Waals surface area contributed by atoms with Crippen LogP contribution in [0.3, 0.4) is 0 Å². The molecule has 0 aromatic rings. The second-order valence-electron chi connectivity index (χ2n) is 6.87. The molecule has 0 amide bonds. The molecule has 0 fully saturated rings. The van der Waals surface area contributed by atoms with Gasteiger partial charge in [0.25, 0.3) is 0 Å². The highest BCUT2D eigenvalue weighted by molar-refractivity contribution is 4.89. The van der Waals surface area contributed by atoms with Gasteiger partial charge in [-0.25, -0.2) is 0 Å². The normalized spacial score (nSPS) is 13.1. The molecule has 1 N–H and O–H groups in total. The summed E-state index contributed by atoms with van der Waals surface area (Å²) in [4.78, 5) is 0. The van der Waals surface area contributed by atoms with Crippen molar-refractivity contribution in [2.24, 2.45) is 0 Å². The molecule has 0 bridgehead atoms. The molecule has 0 aliphatic carbocycles. The fourth-order valence-corrected chi connectivity index (χ4v) is 2.80. The molecule has 0 aromatic carbocycles. The van der Waals surface area contributed by atoms with Crippen molar-refractivity contribution in [1.29, 1.82) is 0 Å². The quantitative estimate of drug-likeness (QED) is 0.203. The van der Waals surface area contributed by atoms with Crippen LogP contribution in [0.15, 0.2) is 37.0 Å². The van der Waals surface area contributed by atoms with Gasteiger partial charge in [-0.05, 0) is 38.5 Å². The molecule has 0 saturated carbocycles. The third-order valence-electron chi connectivity index (χ3n) is 4.46. The summed E-state index contributed by atoms with van der Waals surface area (Å²) in [6.07, 6.45) is 29.6. The smallest absolute Gasteiger partial charge is 0.0721 e. The van der Waals surface area contributed by atoms with E-state index in [0.717, 1.165) is 25.7 Å². The number of aliphatic hydroxyl groups excluding tert-OH is 1. The van der Waals surface area contributed by atoms with Crippen molar-refractivity contribution >= 4 is 0 Å². The summed E-state index contributed by atoms with van der Waals surface area (Å²) in [5.74, 6) is 0. The Labute approximate surface area is 151 Å². The SMILES string of the molecule is C=CC(O)CCC=CCCC=CCCCCCCCCCCCC. The lowest BCUT2D eigenvalue weighted by molar-refractivity contribution is 0.214. The highest BCUT2D eigenvalue weighted by Gasteiger charge is 1.93. The van der Waals surface area contributed by atoms with Crippen molar-refractivity contribution < 1.29 is 5.11 Å². The van der Waals surface area contributed by atoms with Crippen molar-refractivity contribution in [3.8, 4) is 0 Å². The third-order valence-corrected chi connectivity index (χ3v) is 4.46. The lowest BCUT2D eigenvalue weighted by Gasteiger charge is -2.01. The first-order chi connectivity index (χ1) is 11.8. The van der Waals surface area contributed by atoms with Gasteiger partial charge in [-0.1, -0.05) is 95.1 Å². The molecule has 140 valence electrons. The molecule has 1 atom stereocenters. The van der Waals surface area contributed by atoms with Gasteiger partial charge >= 0.3 is 0 Å². The lowest BCUT2D eigenvalue weighted by Crippen LogP contribution is -1.99. The average molecular weight is 335 g/mol. The van der Waals surface area contributed by atoms with Crippen LogP contribution in [0.5, 0.6) is 0 Å². The van der Waals surface area contributed by atoms with Crippen molar-refractivity contribution in [3.05, 3.63) is 37.0 Å². The minimum atomic E-state index is -0.351. The van der Waals surface area contributed by atoms with E-state index in [9.17, 15) is 5.11 Å². The van der Waals surface area contributed by atoms with Gasteiger partial charge in [0, 0.05) is 0 Å². The summed E-state index contributed by atoms with van der Waals surface area (Å²) in [6.45, 7) is 5.86. The van der Waals surface area contributed by atoms with Crippen molar-refractivity contribution in [2.45, 2.75) is 109 Å². The summed E-state index contributed by atoms with van der Waals surface area (Å²) in [7, 11) is 0. The number of hydrogen-bond acceptors (Lipinski definition) is 1. The molecule has 0 saturated heterocycles. The van der Waals surface area contributed by atoms with Crippen molar-refractivity contribution in [3.63, 3.8) is 0 Å². The zero-order valence-electron chi connectivity index (χ0n) is 16.2. The predicted octanol–water partition coefficient (Wildman–Crippen LogP) is 7.52. The predicted molar refractivity (Wildman–Crippen MR) is 109 cm³/mol. The third kappa shape index (κ3) is 19.2. The largest absolute Gasteiger partial charge is 0.389 e. The Morgan fingerprint density at radius 1 is 0.667 bits per heavy atom. The molecule has 1 unspecified atom stereocenters. The van der Waals surface area contributed by atoms with E-state index in [2.05, 4.69) is 37.8 Å². The maximum absolute atomic E-state index is 9.33. The molecule has 0 rings (SSSR count). The monoisotopic (exact) mass is 334 g/mol. The Morgan fingerprint density at radius 3 is 1.67 bits per heavy atom. The van der Waals surface area contributed by atoms with Gasteiger partial charge in [0.05, 0.1) is 6.10 Å². The van der Waals surface area contributed by atoms with Crippen molar-refractivity contribution in [2.75, 3.05) is 0 Å². The summed E-state index contributed by atoms with van der Waals surface area (Å²) in [5.41, 5.74) is 0. The lowest BCUT2D eigenvalue weighted by atomic mass is 10.1. The van der Waals surface area contributed by atoms with Crippen LogP contribution in [0.1, 0.15) is 103 Å². The minimum absolute atomic E-state index is 0.351. The Kier molecular flexibility index (Phi) is 19.5. The fourth-order valence-electron chi connectivity index (χ4n) is 2.80. The van der Waals surface area contributed by atoms with Crippen LogP contribution in [0, 0.1) is 0 Å². The summed E-state index contributed by atoms with van der Waals surface area (Å²) in [5, 5.41) is 9.33. The van der Waals surface area contributed by atoms with E-state index >= 15 is 0 Å². The number of hydrogen-bond donors (Lipinski definition) is 1. The van der Waals surface area contributed by atoms with Crippen LogP contribution in [0.2, 0.25) is 0 Å². The standard InChI is InChI=1S/C23H42O/c1-3-5-6-7-8-9-10-11-12-13-14-15-16-17-18-19-20-21-22-23(24)4-2/h4,15-16,19-20,23-24H,2-3,5-14,17-18,21-22H2,1H3. The second-order valence-corrected chi connectivity index (χ2v) is 6.87. The van der Waals surface area contributed by atoms with E-state index < -0.39 is 0 Å². The molecule has 0 aliphatic rings. The van der Waals surface area contributed by atoms with Crippen molar-refractivity contribution in [1.82, 2.24) is 0 Å². The van der Waals surface area contributed by atoms with Gasteiger partial charge in [0.15, 0.2) is 0 Å². The molecule has 0 radical (unpaired) electrons. The first-order valence-electron chi connectivity index (χ1n) is 10.4. The zero-order chi connectivity index (χ0) is 17.7. The Morgan fingerprint density at radius 2 is 1.12 bits per heavy atom. The molecule has 0 heterocycles. The van der Waals surface area contributed by atoms with Crippen LogP contribution in [-0.2, 0) is 0 Å². The first kappa shape index (κ1) is 23.2. The van der Waals surface area contributed by atoms with Crippen LogP contribution < -0.4 is 0 Å². The van der Waals surface area contributed by atoms with Gasteiger partial charge in [-0.15, -0.1) is 6.58 Å². The molecular weight excluding hydrogens is 292 g/mol. The topological polar surface area (TPSA) is 20.2 Å². The second kappa shape index (κ2) is 20.2. The van der Waals surface area contributed by atoms with Gasteiger partial charge in [0.1, 0.15) is 0 Å². The molecule has 0 aromatic heterocycles. The van der Waals surface area contributed by atoms with Crippen LogP contribution in [0.4, 0.5) is 0 Å². The summed E-state index contributed by atoms with van der Waals surface area (Å²) >= 11 is 0. The maximum atomic E-state index is 9.33. The Hall–Kier alpha value is -0.820. The van der Waals surface area contributed by atoms with E-state index in [4.69, 9.17) is 0 Å². The van der Waals surface area contributed by atoms with E-state index in [0.29, 0.717) is 0 Å². The van der Waals surface area contributed by atoms with Gasteiger partial charge in [0.2, 0.25) is 0 Å². The molecule has 1 heteroatoms. The highest BCUT2D eigenvalue weighted by Crippen LogP contribution is 2.11. The van der Waals surface area contributed by atoms with Crippen LogP contribution in [0.25, 0.3) is 0 Å². The average Bonchev–Trinajstić information content (AvgIpc) is 2.60. The number of rotatable bonds is 18. The fraction of sp³-hybridized carbons (Fsp3) is 0.739. The van der Waals surface area contributed by atoms with E-state index in [1.807, 2.05) is 0 Å². The van der Waals surface area contributed by atoms with E-state index in [1.165, 1.54) is 70.6 Å². The van der Waals surface area contributed by atoms with Gasteiger partial charge in [-0.2, -0.15) is 0 Å². The molecule has 1 nitrogen and oxygen atoms in total.